The van der Waals surface area contributed by atoms with Gasteiger partial charge in [0.2, 0.25) is 15.9 Å². The van der Waals surface area contributed by atoms with Gasteiger partial charge in [-0.1, -0.05) is 12.1 Å². The molecule has 0 bridgehead atoms. The van der Waals surface area contributed by atoms with Gasteiger partial charge in [0.15, 0.2) is 11.5 Å². The number of hydrogen-bond donors (Lipinski definition) is 0. The fourth-order valence-electron chi connectivity index (χ4n) is 1.82. The molecule has 0 fully saturated rings. The lowest BCUT2D eigenvalue weighted by Gasteiger charge is -2.22. The van der Waals surface area contributed by atoms with E-state index in [-0.39, 0.29) is 12.3 Å². The molecule has 1 aromatic carbocycles. The molecule has 0 heterocycles. The summed E-state index contributed by atoms with van der Waals surface area (Å²) in [6, 6.07) is 5.12. The van der Waals surface area contributed by atoms with E-state index in [4.69, 9.17) is 9.47 Å². The summed E-state index contributed by atoms with van der Waals surface area (Å²) < 4.78 is 34.9. The number of ether oxygens (including phenoxy) is 2. The molecular weight excluding hydrogens is 314 g/mol. The van der Waals surface area contributed by atoms with Gasteiger partial charge in [0.25, 0.3) is 0 Å². The van der Waals surface area contributed by atoms with Crippen LogP contribution in [0.2, 0.25) is 0 Å². The first-order valence-electron chi connectivity index (χ1n) is 6.04. The molecule has 0 aliphatic heterocycles. The van der Waals surface area contributed by atoms with Crippen LogP contribution in [0.25, 0.3) is 0 Å². The third kappa shape index (κ3) is 4.53. The Kier molecular flexibility index (Phi) is 6.35. The molecule has 1 rings (SSSR count). The highest BCUT2D eigenvalue weighted by atomic mass is 32.2. The zero-order chi connectivity index (χ0) is 16.0. The fraction of sp³-hybridized carbons (Fsp3) is 0.462. The smallest absolute Gasteiger partial charge is 0.246 e. The monoisotopic (exact) mass is 333 g/mol. The van der Waals surface area contributed by atoms with Gasteiger partial charge in [-0.2, -0.15) is 11.8 Å². The van der Waals surface area contributed by atoms with Crippen molar-refractivity contribution in [1.29, 1.82) is 0 Å². The number of nitrogens with zero attached hydrogens (tertiary/aromatic N) is 1. The summed E-state index contributed by atoms with van der Waals surface area (Å²) in [6.07, 6.45) is 2.75. The molecule has 0 aliphatic carbocycles. The third-order valence-corrected chi connectivity index (χ3v) is 4.41. The van der Waals surface area contributed by atoms with E-state index in [9.17, 15) is 13.2 Å². The van der Waals surface area contributed by atoms with Crippen LogP contribution in [0.1, 0.15) is 5.56 Å². The number of carbonyl (C=O) groups excluding carboxylic acids is 1. The summed E-state index contributed by atoms with van der Waals surface area (Å²) in [6.45, 7) is -0.0847. The zero-order valence-corrected chi connectivity index (χ0v) is 14.1. The predicted molar refractivity (Wildman–Crippen MR) is 83.3 cm³/mol. The molecule has 0 atom stereocenters. The van der Waals surface area contributed by atoms with Gasteiger partial charge in [0.1, 0.15) is 0 Å². The van der Waals surface area contributed by atoms with Crippen molar-refractivity contribution < 1.29 is 22.7 Å². The van der Waals surface area contributed by atoms with Crippen LogP contribution < -0.4 is 9.47 Å². The Morgan fingerprint density at radius 2 is 1.95 bits per heavy atom. The highest BCUT2D eigenvalue weighted by molar-refractivity contribution is 7.99. The topological polar surface area (TPSA) is 72.9 Å². The Morgan fingerprint density at radius 3 is 2.43 bits per heavy atom. The van der Waals surface area contributed by atoms with Crippen molar-refractivity contribution in [2.45, 2.75) is 6.54 Å². The molecule has 1 aromatic rings. The summed E-state index contributed by atoms with van der Waals surface area (Å²) in [5.41, 5.74) is 0.566. The number of hydrogen-bond acceptors (Lipinski definition) is 6. The molecule has 0 radical (unpaired) electrons. The first-order chi connectivity index (χ1) is 9.85. The molecule has 8 heteroatoms. The maximum Gasteiger partial charge on any atom is 0.246 e. The molecule has 0 spiro atoms. The van der Waals surface area contributed by atoms with Crippen LogP contribution in [0.5, 0.6) is 11.5 Å². The Bertz CT molecular complexity index is 601. The van der Waals surface area contributed by atoms with E-state index >= 15 is 0 Å². The Morgan fingerprint density at radius 1 is 1.29 bits per heavy atom. The maximum absolute atomic E-state index is 12.0. The van der Waals surface area contributed by atoms with E-state index < -0.39 is 15.9 Å². The standard InChI is InChI=1S/C13H19NO5S2/c1-18-11-7-5-6-10(13(11)19-2)8-14(21(4,16)17)12(15)9-20-3/h5-7H,8-9H2,1-4H3. The maximum atomic E-state index is 12.0. The lowest BCUT2D eigenvalue weighted by molar-refractivity contribution is -0.124. The van der Waals surface area contributed by atoms with E-state index in [0.717, 1.165) is 10.6 Å². The van der Waals surface area contributed by atoms with Crippen LogP contribution in [0.15, 0.2) is 18.2 Å². The van der Waals surface area contributed by atoms with E-state index in [0.29, 0.717) is 17.1 Å². The van der Waals surface area contributed by atoms with Gasteiger partial charge >= 0.3 is 0 Å². The number of amides is 1. The van der Waals surface area contributed by atoms with Crippen molar-refractivity contribution in [1.82, 2.24) is 4.31 Å². The average Bonchev–Trinajstić information content (AvgIpc) is 2.43. The van der Waals surface area contributed by atoms with Crippen molar-refractivity contribution >= 4 is 27.7 Å². The lowest BCUT2D eigenvalue weighted by Crippen LogP contribution is -2.36. The summed E-state index contributed by atoms with van der Waals surface area (Å²) >= 11 is 1.27. The largest absolute Gasteiger partial charge is 0.493 e. The molecule has 6 nitrogen and oxygen atoms in total. The zero-order valence-electron chi connectivity index (χ0n) is 12.5. The molecule has 0 aromatic heterocycles. The van der Waals surface area contributed by atoms with Crippen LogP contribution in [0.4, 0.5) is 0 Å². The SMILES string of the molecule is COc1cccc(CN(C(=O)CSC)S(C)(=O)=O)c1OC. The van der Waals surface area contributed by atoms with Gasteiger partial charge in [-0.25, -0.2) is 12.7 Å². The minimum Gasteiger partial charge on any atom is -0.493 e. The fourth-order valence-corrected chi connectivity index (χ4v) is 3.11. The van der Waals surface area contributed by atoms with Gasteiger partial charge in [0.05, 0.1) is 32.8 Å². The van der Waals surface area contributed by atoms with Gasteiger partial charge < -0.3 is 9.47 Å². The van der Waals surface area contributed by atoms with Gasteiger partial charge in [0, 0.05) is 5.56 Å². The van der Waals surface area contributed by atoms with Crippen LogP contribution in [0.3, 0.4) is 0 Å². The highest BCUT2D eigenvalue weighted by Crippen LogP contribution is 2.31. The van der Waals surface area contributed by atoms with Crippen molar-refractivity contribution in [3.05, 3.63) is 23.8 Å². The molecule has 21 heavy (non-hydrogen) atoms. The van der Waals surface area contributed by atoms with E-state index in [2.05, 4.69) is 0 Å². The van der Waals surface area contributed by atoms with Gasteiger partial charge in [-0.15, -0.1) is 0 Å². The van der Waals surface area contributed by atoms with Crippen molar-refractivity contribution in [2.24, 2.45) is 0 Å². The molecule has 1 amide bonds. The molecule has 118 valence electrons. The molecule has 0 unspecified atom stereocenters. The van der Waals surface area contributed by atoms with Crippen LogP contribution >= 0.6 is 11.8 Å². The number of sulfonamides is 1. The van der Waals surface area contributed by atoms with Crippen molar-refractivity contribution in [3.63, 3.8) is 0 Å². The van der Waals surface area contributed by atoms with E-state index in [1.807, 2.05) is 0 Å². The van der Waals surface area contributed by atoms with Crippen molar-refractivity contribution in [3.8, 4) is 11.5 Å². The van der Waals surface area contributed by atoms with Gasteiger partial charge in [-0.05, 0) is 12.3 Å². The number of methoxy groups -OCH3 is 2. The minimum atomic E-state index is -3.66. The number of benzene rings is 1. The van der Waals surface area contributed by atoms with Crippen LogP contribution in [-0.4, -0.2) is 51.1 Å². The lowest BCUT2D eigenvalue weighted by atomic mass is 10.2. The second kappa shape index (κ2) is 7.56. The summed E-state index contributed by atoms with van der Waals surface area (Å²) in [5, 5.41) is 0. The van der Waals surface area contributed by atoms with Crippen LogP contribution in [-0.2, 0) is 21.4 Å². The Balaban J connectivity index is 3.18. The Hall–Kier alpha value is -1.41. The summed E-state index contributed by atoms with van der Waals surface area (Å²) in [7, 11) is -0.692. The quantitative estimate of drug-likeness (QED) is 0.750. The minimum absolute atomic E-state index is 0.0847. The second-order valence-electron chi connectivity index (χ2n) is 4.25. The third-order valence-electron chi connectivity index (χ3n) is 2.74. The summed E-state index contributed by atoms with van der Waals surface area (Å²) in [4.78, 5) is 12.0. The first kappa shape index (κ1) is 17.6. The second-order valence-corrected chi connectivity index (χ2v) is 7.02. The average molecular weight is 333 g/mol. The Labute approximate surface area is 129 Å². The molecule has 0 N–H and O–H groups in total. The highest BCUT2D eigenvalue weighted by Gasteiger charge is 2.25. The number of para-hydroxylation sites is 1. The summed E-state index contributed by atoms with van der Waals surface area (Å²) in [5.74, 6) is 0.542. The molecular formula is C13H19NO5S2. The number of carbonyl (C=O) groups is 1. The van der Waals surface area contributed by atoms with Crippen LogP contribution in [0, 0.1) is 0 Å². The van der Waals surface area contributed by atoms with E-state index in [1.165, 1.54) is 26.0 Å². The predicted octanol–water partition coefficient (Wildman–Crippen LogP) is 1.35. The molecule has 0 aliphatic rings. The first-order valence-corrected chi connectivity index (χ1v) is 9.28. The normalized spacial score (nSPS) is 11.0. The number of rotatable bonds is 7. The molecule has 0 saturated carbocycles. The number of thioether (sulfide) groups is 1. The van der Waals surface area contributed by atoms with Gasteiger partial charge in [-0.3, -0.25) is 4.79 Å². The molecule has 0 saturated heterocycles. The van der Waals surface area contributed by atoms with Crippen molar-refractivity contribution in [2.75, 3.05) is 32.5 Å². The van der Waals surface area contributed by atoms with E-state index in [1.54, 1.807) is 24.5 Å².